The summed E-state index contributed by atoms with van der Waals surface area (Å²) >= 11 is 1.80. The number of aryl methyl sites for hydroxylation is 2. The van der Waals surface area contributed by atoms with Gasteiger partial charge in [-0.25, -0.2) is 4.39 Å². The molecule has 0 aliphatic rings. The van der Waals surface area contributed by atoms with Crippen molar-refractivity contribution in [3.63, 3.8) is 0 Å². The lowest BCUT2D eigenvalue weighted by molar-refractivity contribution is 0.585. The largest absolute Gasteiger partial charge is 0.309 e. The van der Waals surface area contributed by atoms with Gasteiger partial charge in [0.05, 0.1) is 0 Å². The molecule has 0 fully saturated rings. The van der Waals surface area contributed by atoms with Crippen molar-refractivity contribution in [1.29, 1.82) is 0 Å². The number of rotatable bonds is 6. The summed E-state index contributed by atoms with van der Waals surface area (Å²) in [6.07, 6.45) is 0. The molecular weight excluding hydrogens is 281 g/mol. The average Bonchev–Trinajstić information content (AvgIpc) is 2.48. The average molecular weight is 303 g/mol. The van der Waals surface area contributed by atoms with Crippen LogP contribution in [-0.2, 0) is 0 Å². The van der Waals surface area contributed by atoms with E-state index < -0.39 is 0 Å². The summed E-state index contributed by atoms with van der Waals surface area (Å²) in [5.41, 5.74) is 2.97. The normalized spacial score (nSPS) is 12.4. The van der Waals surface area contributed by atoms with Gasteiger partial charge >= 0.3 is 0 Å². The summed E-state index contributed by atoms with van der Waals surface area (Å²) in [5, 5.41) is 3.44. The highest BCUT2D eigenvalue weighted by Gasteiger charge is 2.12. The van der Waals surface area contributed by atoms with Crippen LogP contribution < -0.4 is 5.32 Å². The highest BCUT2D eigenvalue weighted by Crippen LogP contribution is 2.26. The minimum Gasteiger partial charge on any atom is -0.309 e. The third-order valence-electron chi connectivity index (χ3n) is 3.49. The van der Waals surface area contributed by atoms with Crippen molar-refractivity contribution < 1.29 is 4.39 Å². The zero-order valence-electron chi connectivity index (χ0n) is 12.8. The summed E-state index contributed by atoms with van der Waals surface area (Å²) < 4.78 is 13.8. The van der Waals surface area contributed by atoms with Crippen LogP contribution in [0.5, 0.6) is 0 Å². The van der Waals surface area contributed by atoms with E-state index in [1.807, 2.05) is 12.1 Å². The molecule has 0 saturated heterocycles. The molecular formula is C18H22FNS. The van der Waals surface area contributed by atoms with Crippen LogP contribution in [0.3, 0.4) is 0 Å². The van der Waals surface area contributed by atoms with Crippen molar-refractivity contribution in [1.82, 2.24) is 5.32 Å². The molecule has 1 N–H and O–H groups in total. The molecule has 2 aromatic rings. The lowest BCUT2D eigenvalue weighted by atomic mass is 10.1. The fourth-order valence-corrected chi connectivity index (χ4v) is 3.16. The third kappa shape index (κ3) is 4.58. The molecule has 1 atom stereocenters. The van der Waals surface area contributed by atoms with Gasteiger partial charge in [-0.05, 0) is 49.7 Å². The minimum atomic E-state index is -0.129. The number of hydrogen-bond acceptors (Lipinski definition) is 2. The van der Waals surface area contributed by atoms with Gasteiger partial charge in [0.25, 0.3) is 0 Å². The van der Waals surface area contributed by atoms with Gasteiger partial charge < -0.3 is 5.32 Å². The quantitative estimate of drug-likeness (QED) is 0.763. The Morgan fingerprint density at radius 3 is 2.43 bits per heavy atom. The first-order chi connectivity index (χ1) is 10.1. The molecule has 0 amide bonds. The van der Waals surface area contributed by atoms with E-state index in [0.29, 0.717) is 5.56 Å². The van der Waals surface area contributed by atoms with Gasteiger partial charge in [0.1, 0.15) is 5.82 Å². The smallest absolute Gasteiger partial charge is 0.126 e. The predicted molar refractivity (Wildman–Crippen MR) is 89.5 cm³/mol. The third-order valence-corrected chi connectivity index (χ3v) is 4.59. The van der Waals surface area contributed by atoms with E-state index in [-0.39, 0.29) is 11.9 Å². The molecule has 0 bridgehead atoms. The molecule has 0 saturated carbocycles. The second-order valence-electron chi connectivity index (χ2n) is 5.24. The predicted octanol–water partition coefficient (Wildman–Crippen LogP) is 4.89. The lowest BCUT2D eigenvalue weighted by Gasteiger charge is -2.18. The van der Waals surface area contributed by atoms with Gasteiger partial charge in [-0.15, -0.1) is 11.8 Å². The number of nitrogens with one attached hydrogen (secondary N) is 1. The molecule has 0 aliphatic heterocycles. The van der Waals surface area contributed by atoms with E-state index in [0.717, 1.165) is 17.9 Å². The highest BCUT2D eigenvalue weighted by atomic mass is 32.2. The second kappa shape index (κ2) is 7.62. The van der Waals surface area contributed by atoms with Crippen molar-refractivity contribution in [2.24, 2.45) is 0 Å². The molecule has 2 aromatic carbocycles. The van der Waals surface area contributed by atoms with Gasteiger partial charge in [0.15, 0.2) is 0 Å². The Bertz CT molecular complexity index is 580. The fourth-order valence-electron chi connectivity index (χ4n) is 2.16. The number of hydrogen-bond donors (Lipinski definition) is 1. The van der Waals surface area contributed by atoms with Crippen molar-refractivity contribution in [2.45, 2.75) is 31.7 Å². The molecule has 0 aliphatic carbocycles. The van der Waals surface area contributed by atoms with Gasteiger partial charge in [-0.1, -0.05) is 36.8 Å². The maximum absolute atomic E-state index is 13.8. The molecule has 1 unspecified atom stereocenters. The Labute approximate surface area is 131 Å². The van der Waals surface area contributed by atoms with Crippen molar-refractivity contribution in [2.75, 3.05) is 12.3 Å². The van der Waals surface area contributed by atoms with Crippen LogP contribution >= 0.6 is 11.8 Å². The second-order valence-corrected chi connectivity index (χ2v) is 6.34. The van der Waals surface area contributed by atoms with Crippen molar-refractivity contribution >= 4 is 11.8 Å². The number of benzene rings is 2. The van der Waals surface area contributed by atoms with E-state index in [1.54, 1.807) is 24.8 Å². The molecule has 0 spiro atoms. The molecule has 0 radical (unpaired) electrons. The molecule has 21 heavy (non-hydrogen) atoms. The van der Waals surface area contributed by atoms with Crippen LogP contribution in [-0.4, -0.2) is 12.3 Å². The maximum atomic E-state index is 13.8. The maximum Gasteiger partial charge on any atom is 0.126 e. The number of halogens is 1. The van der Waals surface area contributed by atoms with Crippen LogP contribution in [0.25, 0.3) is 0 Å². The van der Waals surface area contributed by atoms with E-state index in [2.05, 4.69) is 43.4 Å². The summed E-state index contributed by atoms with van der Waals surface area (Å²) in [6, 6.07) is 14.2. The molecule has 0 aromatic heterocycles. The lowest BCUT2D eigenvalue weighted by Crippen LogP contribution is -2.23. The first kappa shape index (κ1) is 16.1. The van der Waals surface area contributed by atoms with Gasteiger partial charge in [0, 0.05) is 16.7 Å². The first-order valence-corrected chi connectivity index (χ1v) is 8.27. The van der Waals surface area contributed by atoms with E-state index in [1.165, 1.54) is 10.5 Å². The summed E-state index contributed by atoms with van der Waals surface area (Å²) in [4.78, 5) is 1.25. The minimum absolute atomic E-state index is 0.129. The Kier molecular flexibility index (Phi) is 5.83. The molecule has 112 valence electrons. The van der Waals surface area contributed by atoms with Gasteiger partial charge in [0.2, 0.25) is 0 Å². The van der Waals surface area contributed by atoms with E-state index in [4.69, 9.17) is 0 Å². The molecule has 3 heteroatoms. The summed E-state index contributed by atoms with van der Waals surface area (Å²) in [5.74, 6) is 0.759. The Balaban J connectivity index is 2.07. The fraction of sp³-hybridized carbons (Fsp3) is 0.333. The first-order valence-electron chi connectivity index (χ1n) is 7.29. The zero-order chi connectivity index (χ0) is 15.2. The molecule has 2 rings (SSSR count). The molecule has 1 nitrogen and oxygen atoms in total. The monoisotopic (exact) mass is 303 g/mol. The van der Waals surface area contributed by atoms with Crippen LogP contribution in [0.2, 0.25) is 0 Å². The van der Waals surface area contributed by atoms with E-state index >= 15 is 0 Å². The standard InChI is InChI=1S/C18H22FNS/c1-4-20-18(15-8-7-14(3)17(19)11-15)12-21-16-9-5-13(2)6-10-16/h5-11,18,20H,4,12H2,1-3H3. The SMILES string of the molecule is CCNC(CSc1ccc(C)cc1)c1ccc(C)c(F)c1. The van der Waals surface area contributed by atoms with Gasteiger partial charge in [-0.2, -0.15) is 0 Å². The van der Waals surface area contributed by atoms with Crippen LogP contribution in [0, 0.1) is 19.7 Å². The van der Waals surface area contributed by atoms with Crippen molar-refractivity contribution in [3.05, 3.63) is 65.0 Å². The Hall–Kier alpha value is -1.32. The Morgan fingerprint density at radius 2 is 1.81 bits per heavy atom. The van der Waals surface area contributed by atoms with Crippen LogP contribution in [0.1, 0.15) is 29.7 Å². The van der Waals surface area contributed by atoms with Crippen LogP contribution in [0.4, 0.5) is 4.39 Å². The van der Waals surface area contributed by atoms with Crippen molar-refractivity contribution in [3.8, 4) is 0 Å². The highest BCUT2D eigenvalue weighted by molar-refractivity contribution is 7.99. The summed E-state index contributed by atoms with van der Waals surface area (Å²) in [6.45, 7) is 6.83. The topological polar surface area (TPSA) is 12.0 Å². The Morgan fingerprint density at radius 1 is 1.10 bits per heavy atom. The van der Waals surface area contributed by atoms with Crippen LogP contribution in [0.15, 0.2) is 47.4 Å². The molecule has 0 heterocycles. The van der Waals surface area contributed by atoms with Gasteiger partial charge in [-0.3, -0.25) is 0 Å². The zero-order valence-corrected chi connectivity index (χ0v) is 13.6. The summed E-state index contributed by atoms with van der Waals surface area (Å²) in [7, 11) is 0. The van der Waals surface area contributed by atoms with E-state index in [9.17, 15) is 4.39 Å². The number of thioether (sulfide) groups is 1.